The van der Waals surface area contributed by atoms with Crippen LogP contribution in [0.15, 0.2) is 41.3 Å². The van der Waals surface area contributed by atoms with Gasteiger partial charge in [0.25, 0.3) is 5.91 Å². The number of rotatable bonds is 3. The molecule has 2 aromatic rings. The monoisotopic (exact) mass is 361 g/mol. The van der Waals surface area contributed by atoms with Crippen LogP contribution in [0.1, 0.15) is 22.3 Å². The maximum atomic E-state index is 12.4. The fraction of sp³-hybridized carbons (Fsp3) is 0.312. The quantitative estimate of drug-likeness (QED) is 0.843. The van der Waals surface area contributed by atoms with E-state index in [9.17, 15) is 4.79 Å². The summed E-state index contributed by atoms with van der Waals surface area (Å²) >= 11 is 3.33. The highest BCUT2D eigenvalue weighted by Crippen LogP contribution is 2.19. The fourth-order valence-electron chi connectivity index (χ4n) is 2.41. The maximum absolute atomic E-state index is 12.4. The van der Waals surface area contributed by atoms with Gasteiger partial charge in [-0.05, 0) is 34.5 Å². The van der Waals surface area contributed by atoms with E-state index < -0.39 is 0 Å². The molecule has 1 fully saturated rings. The molecule has 114 valence electrons. The van der Waals surface area contributed by atoms with Crippen molar-refractivity contribution in [3.05, 3.63) is 52.4 Å². The van der Waals surface area contributed by atoms with Gasteiger partial charge in [0.2, 0.25) is 5.88 Å². The molecule has 6 heteroatoms. The van der Waals surface area contributed by atoms with Crippen LogP contribution in [0.3, 0.4) is 0 Å². The largest absolute Gasteiger partial charge is 0.472 e. The zero-order valence-electron chi connectivity index (χ0n) is 12.2. The van der Waals surface area contributed by atoms with Gasteiger partial charge in [0, 0.05) is 42.1 Å². The first-order chi connectivity index (χ1) is 10.6. The lowest BCUT2D eigenvalue weighted by atomic mass is 10.2. The molecule has 22 heavy (non-hydrogen) atoms. The summed E-state index contributed by atoms with van der Waals surface area (Å²) in [6.45, 7) is 3.24. The number of halogens is 1. The van der Waals surface area contributed by atoms with E-state index >= 15 is 0 Å². The molecule has 3 rings (SSSR count). The van der Waals surface area contributed by atoms with E-state index in [2.05, 4.69) is 25.9 Å². The van der Waals surface area contributed by atoms with Crippen molar-refractivity contribution in [1.29, 1.82) is 0 Å². The highest BCUT2D eigenvalue weighted by Gasteiger charge is 2.28. The van der Waals surface area contributed by atoms with Gasteiger partial charge < -0.3 is 9.64 Å². The van der Waals surface area contributed by atoms with E-state index in [-0.39, 0.29) is 12.0 Å². The third kappa shape index (κ3) is 3.44. The number of amides is 1. The van der Waals surface area contributed by atoms with Crippen LogP contribution in [-0.2, 0) is 0 Å². The van der Waals surface area contributed by atoms with E-state index in [0.717, 1.165) is 16.5 Å². The minimum atomic E-state index is -0.0169. The normalized spacial score (nSPS) is 17.5. The van der Waals surface area contributed by atoms with Crippen molar-refractivity contribution in [2.75, 3.05) is 13.1 Å². The fourth-order valence-corrected chi connectivity index (χ4v) is 2.78. The Hall–Kier alpha value is -1.95. The molecule has 0 spiro atoms. The van der Waals surface area contributed by atoms with Crippen LogP contribution in [0.2, 0.25) is 0 Å². The van der Waals surface area contributed by atoms with Crippen LogP contribution in [0.25, 0.3) is 0 Å². The summed E-state index contributed by atoms with van der Waals surface area (Å²) in [4.78, 5) is 22.5. The molecule has 1 amide bonds. The van der Waals surface area contributed by atoms with Gasteiger partial charge in [0.05, 0.1) is 12.1 Å². The van der Waals surface area contributed by atoms with Crippen molar-refractivity contribution in [2.45, 2.75) is 19.4 Å². The van der Waals surface area contributed by atoms with Crippen molar-refractivity contribution < 1.29 is 9.53 Å². The second-order valence-corrected chi connectivity index (χ2v) is 6.26. The van der Waals surface area contributed by atoms with Crippen molar-refractivity contribution in [1.82, 2.24) is 14.9 Å². The van der Waals surface area contributed by atoms with Crippen molar-refractivity contribution >= 4 is 21.8 Å². The minimum absolute atomic E-state index is 0.0146. The maximum Gasteiger partial charge on any atom is 0.255 e. The number of carbonyl (C=O) groups excluding carboxylic acids is 1. The van der Waals surface area contributed by atoms with Gasteiger partial charge in [-0.2, -0.15) is 0 Å². The first kappa shape index (κ1) is 15.0. The molecule has 1 aliphatic heterocycles. The van der Waals surface area contributed by atoms with Crippen molar-refractivity contribution in [3.8, 4) is 5.88 Å². The third-order valence-corrected chi connectivity index (χ3v) is 3.99. The lowest BCUT2D eigenvalue weighted by molar-refractivity contribution is 0.0770. The second-order valence-electron chi connectivity index (χ2n) is 5.35. The topological polar surface area (TPSA) is 55.3 Å². The van der Waals surface area contributed by atoms with Crippen LogP contribution in [0.4, 0.5) is 0 Å². The molecule has 0 aliphatic carbocycles. The molecule has 1 aliphatic rings. The molecular weight excluding hydrogens is 346 g/mol. The number of carbonyl (C=O) groups is 1. The summed E-state index contributed by atoms with van der Waals surface area (Å²) in [6.07, 6.45) is 5.82. The summed E-state index contributed by atoms with van der Waals surface area (Å²) in [5.74, 6) is 0.589. The first-order valence-electron chi connectivity index (χ1n) is 7.11. The summed E-state index contributed by atoms with van der Waals surface area (Å²) in [5, 5.41) is 0. The Labute approximate surface area is 137 Å². The van der Waals surface area contributed by atoms with Crippen molar-refractivity contribution in [3.63, 3.8) is 0 Å². The number of aromatic nitrogens is 2. The predicted molar refractivity (Wildman–Crippen MR) is 85.8 cm³/mol. The zero-order chi connectivity index (χ0) is 15.5. The van der Waals surface area contributed by atoms with Crippen LogP contribution in [0, 0.1) is 6.92 Å². The number of likely N-dealkylation sites (tertiary alicyclic amines) is 1. The molecular formula is C16H16BrN3O2. The van der Waals surface area contributed by atoms with E-state index in [4.69, 9.17) is 4.74 Å². The highest BCUT2D eigenvalue weighted by atomic mass is 79.9. The molecule has 0 N–H and O–H groups in total. The number of aryl methyl sites for hydroxylation is 1. The summed E-state index contributed by atoms with van der Waals surface area (Å²) in [7, 11) is 0. The smallest absolute Gasteiger partial charge is 0.255 e. The Kier molecular flexibility index (Phi) is 4.38. The van der Waals surface area contributed by atoms with E-state index in [1.54, 1.807) is 29.6 Å². The molecule has 2 aromatic heterocycles. The zero-order valence-corrected chi connectivity index (χ0v) is 13.8. The number of hydrogen-bond donors (Lipinski definition) is 0. The SMILES string of the molecule is Cc1ccc(OC2CCN(C(=O)c3cncc(Br)c3)C2)nc1. The summed E-state index contributed by atoms with van der Waals surface area (Å²) in [5.41, 5.74) is 1.68. The average Bonchev–Trinajstić information content (AvgIpc) is 2.97. The van der Waals surface area contributed by atoms with E-state index in [1.165, 1.54) is 0 Å². The third-order valence-electron chi connectivity index (χ3n) is 3.56. The van der Waals surface area contributed by atoms with Crippen LogP contribution in [-0.4, -0.2) is 40.0 Å². The lowest BCUT2D eigenvalue weighted by Crippen LogP contribution is -2.31. The van der Waals surface area contributed by atoms with Gasteiger partial charge in [0.1, 0.15) is 6.10 Å². The number of ether oxygens (including phenoxy) is 1. The molecule has 0 bridgehead atoms. The van der Waals surface area contributed by atoms with Gasteiger partial charge in [-0.25, -0.2) is 4.98 Å². The number of pyridine rings is 2. The van der Waals surface area contributed by atoms with Gasteiger partial charge in [-0.1, -0.05) is 6.07 Å². The standard InChI is InChI=1S/C16H16BrN3O2/c1-11-2-3-15(19-7-11)22-14-4-5-20(10-14)16(21)12-6-13(17)9-18-8-12/h2-3,6-9,14H,4-5,10H2,1H3. The Morgan fingerprint density at radius 1 is 1.36 bits per heavy atom. The molecule has 3 heterocycles. The number of nitrogens with zero attached hydrogens (tertiary/aromatic N) is 3. The molecule has 5 nitrogen and oxygen atoms in total. The van der Waals surface area contributed by atoms with Gasteiger partial charge in [-0.15, -0.1) is 0 Å². The molecule has 0 saturated carbocycles. The molecule has 0 radical (unpaired) electrons. The van der Waals surface area contributed by atoms with Crippen LogP contribution in [0.5, 0.6) is 5.88 Å². The van der Waals surface area contributed by atoms with Gasteiger partial charge in [-0.3, -0.25) is 9.78 Å². The Balaban J connectivity index is 1.62. The Bertz CT molecular complexity index is 675. The van der Waals surface area contributed by atoms with Crippen LogP contribution < -0.4 is 4.74 Å². The van der Waals surface area contributed by atoms with Gasteiger partial charge in [0.15, 0.2) is 0 Å². The summed E-state index contributed by atoms with van der Waals surface area (Å²) < 4.78 is 6.64. The average molecular weight is 362 g/mol. The highest BCUT2D eigenvalue weighted by molar-refractivity contribution is 9.10. The molecule has 1 unspecified atom stereocenters. The molecule has 1 saturated heterocycles. The Morgan fingerprint density at radius 3 is 2.95 bits per heavy atom. The van der Waals surface area contributed by atoms with E-state index in [1.807, 2.05) is 19.1 Å². The second kappa shape index (κ2) is 6.44. The van der Waals surface area contributed by atoms with E-state index in [0.29, 0.717) is 24.5 Å². The Morgan fingerprint density at radius 2 is 2.23 bits per heavy atom. The van der Waals surface area contributed by atoms with Gasteiger partial charge >= 0.3 is 0 Å². The molecule has 0 aromatic carbocycles. The number of hydrogen-bond acceptors (Lipinski definition) is 4. The predicted octanol–water partition coefficient (Wildman–Crippen LogP) is 2.84. The van der Waals surface area contributed by atoms with Crippen molar-refractivity contribution in [2.24, 2.45) is 0 Å². The lowest BCUT2D eigenvalue weighted by Gasteiger charge is -2.17. The minimum Gasteiger partial charge on any atom is -0.472 e. The summed E-state index contributed by atoms with van der Waals surface area (Å²) in [6, 6.07) is 5.61. The molecule has 1 atom stereocenters. The van der Waals surface area contributed by atoms with Crippen LogP contribution >= 0.6 is 15.9 Å². The first-order valence-corrected chi connectivity index (χ1v) is 7.90.